The second-order valence-electron chi connectivity index (χ2n) is 9.27. The van der Waals surface area contributed by atoms with E-state index in [2.05, 4.69) is 12.2 Å². The lowest BCUT2D eigenvalue weighted by atomic mass is 9.87. The summed E-state index contributed by atoms with van der Waals surface area (Å²) in [6, 6.07) is 7.62. The number of ether oxygens (including phenoxy) is 2. The second-order valence-corrected chi connectivity index (χ2v) is 10.7. The Hall–Kier alpha value is -2.67. The highest BCUT2D eigenvalue weighted by Crippen LogP contribution is 2.43. The van der Waals surface area contributed by atoms with Crippen molar-refractivity contribution < 1.29 is 24.2 Å². The zero-order chi connectivity index (χ0) is 23.3. The average molecular weight is 456 g/mol. The number of fused-ring (bicyclic) bond motifs is 1. The molecule has 2 unspecified atom stereocenters. The van der Waals surface area contributed by atoms with Crippen LogP contribution in [0.25, 0.3) is 0 Å². The van der Waals surface area contributed by atoms with E-state index in [1.54, 1.807) is 6.92 Å². The van der Waals surface area contributed by atoms with Crippen LogP contribution in [0.15, 0.2) is 24.3 Å². The minimum Gasteiger partial charge on any atom is -0.507 e. The lowest BCUT2D eigenvalue weighted by molar-refractivity contribution is -0.121. The number of hydrogen-bond donors (Lipinski definition) is 2. The number of phenolic OH excluding ortho intramolecular Hbond substituents is 1. The molecule has 1 fully saturated rings. The van der Waals surface area contributed by atoms with Gasteiger partial charge in [-0.2, -0.15) is 0 Å². The summed E-state index contributed by atoms with van der Waals surface area (Å²) in [7, 11) is 0. The molecule has 0 aromatic heterocycles. The Labute approximate surface area is 192 Å². The summed E-state index contributed by atoms with van der Waals surface area (Å²) in [5.41, 5.74) is 4.29. The third-order valence-corrected chi connectivity index (χ3v) is 7.68. The van der Waals surface area contributed by atoms with Gasteiger partial charge in [0.2, 0.25) is 5.91 Å². The van der Waals surface area contributed by atoms with E-state index in [1.165, 1.54) is 0 Å². The van der Waals surface area contributed by atoms with Crippen LogP contribution in [0.3, 0.4) is 0 Å². The zero-order valence-electron chi connectivity index (χ0n) is 19.1. The van der Waals surface area contributed by atoms with Gasteiger partial charge in [0.1, 0.15) is 34.2 Å². The van der Waals surface area contributed by atoms with Crippen molar-refractivity contribution in [2.24, 2.45) is 0 Å². The van der Waals surface area contributed by atoms with E-state index in [0.717, 1.165) is 63.9 Å². The largest absolute Gasteiger partial charge is 0.507 e. The first-order chi connectivity index (χ1) is 15.0. The number of thioether (sulfide) groups is 1. The number of aromatic hydroxyl groups is 1. The molecule has 0 spiro atoms. The first kappa shape index (κ1) is 22.5. The molecule has 4 rings (SSSR count). The molecular weight excluding hydrogens is 426 g/mol. The molecule has 2 amide bonds. The molecule has 2 aromatic rings. The number of hydrogen-bond acceptors (Lipinski definition) is 6. The third kappa shape index (κ3) is 4.06. The normalized spacial score (nSPS) is 24.7. The molecule has 1 saturated heterocycles. The van der Waals surface area contributed by atoms with Crippen LogP contribution < -0.4 is 14.8 Å². The molecule has 2 N–H and O–H groups in total. The quantitative estimate of drug-likeness (QED) is 0.676. The Balaban J connectivity index is 1.42. The monoisotopic (exact) mass is 455 g/mol. The summed E-state index contributed by atoms with van der Waals surface area (Å²) in [4.78, 5) is 23.6. The fourth-order valence-corrected chi connectivity index (χ4v) is 5.28. The number of benzene rings is 2. The molecule has 2 aromatic carbocycles. The maximum atomic E-state index is 12.1. The standard InChI is InChI=1S/C25H29NO5S/c1-14-15(2)21-19(16(3)20(14)27)10-11-24(4,31-21)13-30-18-8-6-17(7-9-18)12-25(5)22(28)26-23(29)32-25/h6-9,27H,10-13H2,1-5H3,(H,26,28,29). The molecule has 2 atom stereocenters. The van der Waals surface area contributed by atoms with Crippen LogP contribution >= 0.6 is 11.8 Å². The van der Waals surface area contributed by atoms with Crippen LogP contribution in [0.1, 0.15) is 48.1 Å². The van der Waals surface area contributed by atoms with Gasteiger partial charge in [0.25, 0.3) is 5.24 Å². The van der Waals surface area contributed by atoms with Crippen molar-refractivity contribution in [3.8, 4) is 17.2 Å². The maximum absolute atomic E-state index is 12.1. The van der Waals surface area contributed by atoms with Gasteiger partial charge in [-0.3, -0.25) is 14.9 Å². The highest BCUT2D eigenvalue weighted by atomic mass is 32.2. The highest BCUT2D eigenvalue weighted by molar-refractivity contribution is 8.16. The number of imide groups is 1. The van der Waals surface area contributed by atoms with Gasteiger partial charge < -0.3 is 14.6 Å². The van der Waals surface area contributed by atoms with Crippen LogP contribution in [0.2, 0.25) is 0 Å². The van der Waals surface area contributed by atoms with Crippen molar-refractivity contribution in [1.82, 2.24) is 5.32 Å². The van der Waals surface area contributed by atoms with E-state index < -0.39 is 10.3 Å². The molecule has 7 heteroatoms. The van der Waals surface area contributed by atoms with Gasteiger partial charge in [-0.25, -0.2) is 0 Å². The Morgan fingerprint density at radius 2 is 1.78 bits per heavy atom. The second kappa shape index (κ2) is 8.03. The minimum absolute atomic E-state index is 0.246. The number of rotatable bonds is 5. The van der Waals surface area contributed by atoms with Crippen LogP contribution in [-0.2, 0) is 17.6 Å². The Kier molecular flexibility index (Phi) is 5.65. The summed E-state index contributed by atoms with van der Waals surface area (Å²) < 4.78 is 11.7. The van der Waals surface area contributed by atoms with Gasteiger partial charge in [-0.15, -0.1) is 0 Å². The van der Waals surface area contributed by atoms with Gasteiger partial charge >= 0.3 is 0 Å². The molecule has 170 valence electrons. The van der Waals surface area contributed by atoms with E-state index in [9.17, 15) is 14.7 Å². The summed E-state index contributed by atoms with van der Waals surface area (Å²) in [6.07, 6.45) is 2.09. The predicted octanol–water partition coefficient (Wildman–Crippen LogP) is 4.76. The van der Waals surface area contributed by atoms with Gasteiger partial charge in [0.15, 0.2) is 0 Å². The topological polar surface area (TPSA) is 84.9 Å². The molecule has 2 heterocycles. The first-order valence-corrected chi connectivity index (χ1v) is 11.6. The number of nitrogens with one attached hydrogen (secondary N) is 1. The number of carbonyl (C=O) groups excluding carboxylic acids is 2. The average Bonchev–Trinajstić information content (AvgIpc) is 3.01. The fourth-order valence-electron chi connectivity index (χ4n) is 4.34. The molecular formula is C25H29NO5S. The van der Waals surface area contributed by atoms with Crippen LogP contribution in [0.4, 0.5) is 4.79 Å². The third-order valence-electron chi connectivity index (χ3n) is 6.62. The molecule has 6 nitrogen and oxygen atoms in total. The fraction of sp³-hybridized carbons (Fsp3) is 0.440. The van der Waals surface area contributed by atoms with Gasteiger partial charge in [-0.05, 0) is 100 Å². The molecule has 32 heavy (non-hydrogen) atoms. The summed E-state index contributed by atoms with van der Waals surface area (Å²) >= 11 is 1.04. The molecule has 2 aliphatic heterocycles. The summed E-state index contributed by atoms with van der Waals surface area (Å²) in [5.74, 6) is 1.70. The first-order valence-electron chi connectivity index (χ1n) is 10.8. The highest BCUT2D eigenvalue weighted by Gasteiger charge is 2.43. The van der Waals surface area contributed by atoms with Crippen molar-refractivity contribution in [2.45, 2.75) is 64.2 Å². The predicted molar refractivity (Wildman–Crippen MR) is 125 cm³/mol. The number of phenols is 1. The summed E-state index contributed by atoms with van der Waals surface area (Å²) in [5, 5.41) is 12.4. The number of carbonyl (C=O) groups is 2. The lowest BCUT2D eigenvalue weighted by Gasteiger charge is -2.37. The van der Waals surface area contributed by atoms with Crippen LogP contribution in [0, 0.1) is 20.8 Å². The van der Waals surface area contributed by atoms with Crippen LogP contribution in [-0.4, -0.2) is 33.2 Å². The Bertz CT molecular complexity index is 1100. The molecule has 2 aliphatic rings. The molecule has 0 saturated carbocycles. The number of amides is 2. The van der Waals surface area contributed by atoms with Crippen molar-refractivity contribution in [3.05, 3.63) is 52.1 Å². The summed E-state index contributed by atoms with van der Waals surface area (Å²) in [6.45, 7) is 10.1. The molecule has 0 radical (unpaired) electrons. The van der Waals surface area contributed by atoms with Crippen LogP contribution in [0.5, 0.6) is 17.2 Å². The van der Waals surface area contributed by atoms with Crippen molar-refractivity contribution in [3.63, 3.8) is 0 Å². The van der Waals surface area contributed by atoms with E-state index in [-0.39, 0.29) is 11.1 Å². The van der Waals surface area contributed by atoms with E-state index in [4.69, 9.17) is 9.47 Å². The SMILES string of the molecule is Cc1c(C)c2c(c(C)c1O)CCC(C)(COc1ccc(CC3(C)SC(=O)NC3=O)cc1)O2. The Morgan fingerprint density at radius 1 is 1.09 bits per heavy atom. The lowest BCUT2D eigenvalue weighted by Crippen LogP contribution is -2.42. The zero-order valence-corrected chi connectivity index (χ0v) is 19.9. The van der Waals surface area contributed by atoms with Gasteiger partial charge in [0, 0.05) is 5.56 Å². The van der Waals surface area contributed by atoms with Crippen molar-refractivity contribution in [1.29, 1.82) is 0 Å². The van der Waals surface area contributed by atoms with E-state index >= 15 is 0 Å². The van der Waals surface area contributed by atoms with Crippen molar-refractivity contribution >= 4 is 22.9 Å². The maximum Gasteiger partial charge on any atom is 0.286 e. The van der Waals surface area contributed by atoms with E-state index in [0.29, 0.717) is 18.8 Å². The van der Waals surface area contributed by atoms with Gasteiger partial charge in [-0.1, -0.05) is 12.1 Å². The smallest absolute Gasteiger partial charge is 0.286 e. The Morgan fingerprint density at radius 3 is 2.41 bits per heavy atom. The van der Waals surface area contributed by atoms with Gasteiger partial charge in [0.05, 0.1) is 0 Å². The molecule has 0 aliphatic carbocycles. The molecule has 0 bridgehead atoms. The minimum atomic E-state index is -0.779. The van der Waals surface area contributed by atoms with Crippen molar-refractivity contribution in [2.75, 3.05) is 6.61 Å². The van der Waals surface area contributed by atoms with E-state index in [1.807, 2.05) is 45.0 Å².